The molecule has 2 atom stereocenters. The van der Waals surface area contributed by atoms with Crippen LogP contribution in [0.25, 0.3) is 22.3 Å². The molecule has 1 aliphatic heterocycles. The standard InChI is InChI=1S/C23H16ClN3O2/c24-20-21(15-5-10-18(28)11-6-15)27(23(20)29)17-8-3-14(4-9-17)19-12-7-16-2-1-13-25-22(16)26-19/h1-13,20-21,28H. The van der Waals surface area contributed by atoms with Crippen molar-refractivity contribution in [2.24, 2.45) is 0 Å². The number of phenols is 1. The zero-order valence-electron chi connectivity index (χ0n) is 15.2. The first-order valence-electron chi connectivity index (χ1n) is 9.20. The molecule has 2 unspecified atom stereocenters. The number of phenolic OH excluding ortho intramolecular Hbond substituents is 1. The van der Waals surface area contributed by atoms with Crippen LogP contribution >= 0.6 is 11.6 Å². The van der Waals surface area contributed by atoms with Gasteiger partial charge in [0.1, 0.15) is 11.1 Å². The summed E-state index contributed by atoms with van der Waals surface area (Å²) in [6.45, 7) is 0. The Morgan fingerprint density at radius 1 is 0.931 bits per heavy atom. The van der Waals surface area contributed by atoms with E-state index in [0.29, 0.717) is 5.65 Å². The van der Waals surface area contributed by atoms with Gasteiger partial charge in [0.05, 0.1) is 11.7 Å². The number of β-lactam (4-membered cyclic amide) rings is 1. The van der Waals surface area contributed by atoms with Crippen LogP contribution in [0.5, 0.6) is 5.75 Å². The molecule has 0 saturated carbocycles. The molecule has 29 heavy (non-hydrogen) atoms. The number of rotatable bonds is 3. The molecule has 1 fully saturated rings. The number of aromatic nitrogens is 2. The molecule has 0 aliphatic carbocycles. The third-order valence-corrected chi connectivity index (χ3v) is 5.59. The van der Waals surface area contributed by atoms with E-state index < -0.39 is 5.38 Å². The Morgan fingerprint density at radius 2 is 1.69 bits per heavy atom. The smallest absolute Gasteiger partial charge is 0.248 e. The van der Waals surface area contributed by atoms with Crippen LogP contribution in [-0.2, 0) is 4.79 Å². The van der Waals surface area contributed by atoms with Gasteiger partial charge in [-0.1, -0.05) is 24.3 Å². The van der Waals surface area contributed by atoms with Crippen LogP contribution in [0.3, 0.4) is 0 Å². The predicted molar refractivity (Wildman–Crippen MR) is 113 cm³/mol. The molecule has 3 heterocycles. The number of nitrogens with zero attached hydrogens (tertiary/aromatic N) is 3. The molecule has 1 aliphatic rings. The van der Waals surface area contributed by atoms with Gasteiger partial charge in [-0.2, -0.15) is 0 Å². The number of fused-ring (bicyclic) bond motifs is 1. The quantitative estimate of drug-likeness (QED) is 0.399. The topological polar surface area (TPSA) is 66.3 Å². The highest BCUT2D eigenvalue weighted by atomic mass is 35.5. The SMILES string of the molecule is O=C1C(Cl)C(c2ccc(O)cc2)N1c1ccc(-c2ccc3cccnc3n2)cc1. The van der Waals surface area contributed by atoms with Gasteiger partial charge in [0, 0.05) is 22.8 Å². The van der Waals surface area contributed by atoms with Crippen molar-refractivity contribution < 1.29 is 9.90 Å². The third kappa shape index (κ3) is 3.00. The van der Waals surface area contributed by atoms with E-state index in [1.165, 1.54) is 0 Å². The zero-order chi connectivity index (χ0) is 20.0. The van der Waals surface area contributed by atoms with Gasteiger partial charge in [-0.3, -0.25) is 4.79 Å². The minimum atomic E-state index is -0.618. The molecule has 5 nitrogen and oxygen atoms in total. The second-order valence-electron chi connectivity index (χ2n) is 6.94. The van der Waals surface area contributed by atoms with E-state index in [0.717, 1.165) is 27.9 Å². The molecule has 1 amide bonds. The molecule has 4 aromatic rings. The minimum Gasteiger partial charge on any atom is -0.508 e. The Balaban J connectivity index is 1.45. The number of amides is 1. The Bertz CT molecular complexity index is 1210. The van der Waals surface area contributed by atoms with E-state index in [1.807, 2.05) is 48.5 Å². The summed E-state index contributed by atoms with van der Waals surface area (Å²) in [5.74, 6) is 0.0457. The summed E-state index contributed by atoms with van der Waals surface area (Å²) in [4.78, 5) is 23.0. The molecule has 6 heteroatoms. The largest absolute Gasteiger partial charge is 0.508 e. The first-order valence-corrected chi connectivity index (χ1v) is 9.64. The number of anilines is 1. The number of hydrogen-bond donors (Lipinski definition) is 1. The van der Waals surface area contributed by atoms with Gasteiger partial charge in [0.25, 0.3) is 0 Å². The van der Waals surface area contributed by atoms with E-state index in [1.54, 1.807) is 35.4 Å². The fourth-order valence-electron chi connectivity index (χ4n) is 3.64. The monoisotopic (exact) mass is 401 g/mol. The number of benzene rings is 2. The summed E-state index contributed by atoms with van der Waals surface area (Å²) in [5.41, 5.74) is 4.12. The first-order chi connectivity index (χ1) is 14.1. The zero-order valence-corrected chi connectivity index (χ0v) is 16.0. The number of aromatic hydroxyl groups is 1. The summed E-state index contributed by atoms with van der Waals surface area (Å²) >= 11 is 6.30. The highest BCUT2D eigenvalue weighted by Crippen LogP contribution is 2.42. The lowest BCUT2D eigenvalue weighted by molar-refractivity contribution is -0.123. The van der Waals surface area contributed by atoms with E-state index >= 15 is 0 Å². The van der Waals surface area contributed by atoms with Crippen molar-refractivity contribution in [3.05, 3.63) is 84.6 Å². The average molecular weight is 402 g/mol. The molecule has 0 bridgehead atoms. The van der Waals surface area contributed by atoms with Gasteiger partial charge in [-0.25, -0.2) is 9.97 Å². The van der Waals surface area contributed by atoms with Crippen molar-refractivity contribution in [3.8, 4) is 17.0 Å². The van der Waals surface area contributed by atoms with Crippen LogP contribution in [0.2, 0.25) is 0 Å². The summed E-state index contributed by atoms with van der Waals surface area (Å²) in [6, 6.07) is 22.0. The highest BCUT2D eigenvalue weighted by molar-refractivity contribution is 6.37. The molecule has 0 radical (unpaired) electrons. The Morgan fingerprint density at radius 3 is 2.45 bits per heavy atom. The van der Waals surface area contributed by atoms with E-state index in [9.17, 15) is 9.90 Å². The first kappa shape index (κ1) is 17.6. The number of halogens is 1. The van der Waals surface area contributed by atoms with Crippen molar-refractivity contribution >= 4 is 34.2 Å². The fraction of sp³-hybridized carbons (Fsp3) is 0.0870. The van der Waals surface area contributed by atoms with Gasteiger partial charge >= 0.3 is 0 Å². The van der Waals surface area contributed by atoms with Crippen LogP contribution in [0, 0.1) is 0 Å². The van der Waals surface area contributed by atoms with Crippen molar-refractivity contribution in [3.63, 3.8) is 0 Å². The summed E-state index contributed by atoms with van der Waals surface area (Å²) in [6.07, 6.45) is 1.73. The van der Waals surface area contributed by atoms with Crippen LogP contribution in [0.15, 0.2) is 79.0 Å². The maximum absolute atomic E-state index is 12.4. The molecule has 1 saturated heterocycles. The summed E-state index contributed by atoms with van der Waals surface area (Å²) in [7, 11) is 0. The number of carbonyl (C=O) groups is 1. The normalized spacial score (nSPS) is 18.7. The van der Waals surface area contributed by atoms with Gasteiger partial charge < -0.3 is 10.0 Å². The number of pyridine rings is 2. The third-order valence-electron chi connectivity index (χ3n) is 5.17. The molecular formula is C23H16ClN3O2. The van der Waals surface area contributed by atoms with Crippen molar-refractivity contribution in [2.75, 3.05) is 4.90 Å². The van der Waals surface area contributed by atoms with Gasteiger partial charge in [-0.15, -0.1) is 11.6 Å². The van der Waals surface area contributed by atoms with Crippen LogP contribution in [0.1, 0.15) is 11.6 Å². The Kier molecular flexibility index (Phi) is 4.18. The lowest BCUT2D eigenvalue weighted by Crippen LogP contribution is -2.56. The van der Waals surface area contributed by atoms with Crippen molar-refractivity contribution in [1.29, 1.82) is 0 Å². The van der Waals surface area contributed by atoms with Crippen LogP contribution in [-0.4, -0.2) is 26.4 Å². The van der Waals surface area contributed by atoms with E-state index in [-0.39, 0.29) is 17.7 Å². The second-order valence-corrected chi connectivity index (χ2v) is 7.41. The van der Waals surface area contributed by atoms with Gasteiger partial charge in [-0.05, 0) is 54.1 Å². The molecule has 0 spiro atoms. The van der Waals surface area contributed by atoms with E-state index in [4.69, 9.17) is 11.6 Å². The van der Waals surface area contributed by atoms with E-state index in [2.05, 4.69) is 9.97 Å². The minimum absolute atomic E-state index is 0.134. The lowest BCUT2D eigenvalue weighted by atomic mass is 9.92. The maximum Gasteiger partial charge on any atom is 0.248 e. The molecule has 5 rings (SSSR count). The highest BCUT2D eigenvalue weighted by Gasteiger charge is 2.47. The fourth-order valence-corrected chi connectivity index (χ4v) is 4.00. The number of carbonyl (C=O) groups excluding carboxylic acids is 1. The maximum atomic E-state index is 12.4. The van der Waals surface area contributed by atoms with Crippen LogP contribution in [0.4, 0.5) is 5.69 Å². The molecule has 142 valence electrons. The molecular weight excluding hydrogens is 386 g/mol. The molecule has 2 aromatic carbocycles. The molecule has 2 aromatic heterocycles. The number of hydrogen-bond acceptors (Lipinski definition) is 4. The van der Waals surface area contributed by atoms with Crippen LogP contribution < -0.4 is 4.90 Å². The Hall–Kier alpha value is -3.44. The number of alkyl halides is 1. The summed E-state index contributed by atoms with van der Waals surface area (Å²) < 4.78 is 0. The summed E-state index contributed by atoms with van der Waals surface area (Å²) in [5, 5.41) is 9.88. The van der Waals surface area contributed by atoms with Crippen molar-refractivity contribution in [1.82, 2.24) is 9.97 Å². The van der Waals surface area contributed by atoms with Crippen molar-refractivity contribution in [2.45, 2.75) is 11.4 Å². The molecule has 1 N–H and O–H groups in total. The van der Waals surface area contributed by atoms with Gasteiger partial charge in [0.15, 0.2) is 5.65 Å². The predicted octanol–water partition coefficient (Wildman–Crippen LogP) is 4.70. The average Bonchev–Trinajstić information content (AvgIpc) is 2.77. The van der Waals surface area contributed by atoms with Gasteiger partial charge in [0.2, 0.25) is 5.91 Å². The lowest BCUT2D eigenvalue weighted by Gasteiger charge is -2.44. The second kappa shape index (κ2) is 6.87. The Labute approximate surface area is 172 Å².